The molecule has 1 heterocycles. The maximum absolute atomic E-state index is 11.6. The molecule has 140 valence electrons. The minimum absolute atomic E-state index is 0.141. The number of hydrogen-bond donors (Lipinski definition) is 2. The topological polar surface area (TPSA) is 102 Å². The molecule has 1 aromatic carbocycles. The van der Waals surface area contributed by atoms with Crippen molar-refractivity contribution in [3.63, 3.8) is 0 Å². The first kappa shape index (κ1) is 20.0. The maximum Gasteiger partial charge on any atom is 0.354 e. The predicted octanol–water partition coefficient (Wildman–Crippen LogP) is 3.16. The summed E-state index contributed by atoms with van der Waals surface area (Å²) >= 11 is 1.25. The van der Waals surface area contributed by atoms with Gasteiger partial charge in [0.2, 0.25) is 0 Å². The molecule has 0 saturated carbocycles. The summed E-state index contributed by atoms with van der Waals surface area (Å²) in [6.45, 7) is 5.69. The van der Waals surface area contributed by atoms with E-state index in [9.17, 15) is 19.8 Å². The molecule has 0 aliphatic carbocycles. The van der Waals surface area contributed by atoms with Crippen LogP contribution in [0.15, 0.2) is 29.2 Å². The first-order chi connectivity index (χ1) is 12.2. The Bertz CT molecular complexity index is 812. The van der Waals surface area contributed by atoms with E-state index in [0.717, 1.165) is 10.5 Å². The van der Waals surface area contributed by atoms with Crippen LogP contribution in [0.4, 0.5) is 0 Å². The molecule has 0 aliphatic heterocycles. The Kier molecular flexibility index (Phi) is 6.09. The number of benzene rings is 1. The Morgan fingerprint density at radius 2 is 1.85 bits per heavy atom. The van der Waals surface area contributed by atoms with Crippen LogP contribution in [0.3, 0.4) is 0 Å². The van der Waals surface area contributed by atoms with E-state index in [-0.39, 0.29) is 5.69 Å². The number of thioether (sulfide) groups is 1. The van der Waals surface area contributed by atoms with Crippen LogP contribution in [0, 0.1) is 6.92 Å². The number of carboxylic acids is 2. The second-order valence-corrected chi connectivity index (χ2v) is 7.96. The molecule has 0 saturated heterocycles. The lowest BCUT2D eigenvalue weighted by Gasteiger charge is -2.18. The van der Waals surface area contributed by atoms with E-state index in [0.29, 0.717) is 24.7 Å². The Hall–Kier alpha value is -2.32. The van der Waals surface area contributed by atoms with E-state index in [1.807, 2.05) is 24.3 Å². The van der Waals surface area contributed by atoms with Crippen LogP contribution >= 0.6 is 11.8 Å². The molecule has 2 N–H and O–H groups in total. The van der Waals surface area contributed by atoms with Crippen LogP contribution < -0.4 is 0 Å². The van der Waals surface area contributed by atoms with Gasteiger partial charge in [-0.3, -0.25) is 4.79 Å². The summed E-state index contributed by atoms with van der Waals surface area (Å²) in [6.07, 6.45) is 0. The van der Waals surface area contributed by atoms with Gasteiger partial charge in [0.05, 0.1) is 12.3 Å². The maximum atomic E-state index is 11.6. The highest BCUT2D eigenvalue weighted by molar-refractivity contribution is 8.01. The van der Waals surface area contributed by atoms with Gasteiger partial charge in [0.25, 0.3) is 0 Å². The first-order valence-corrected chi connectivity index (χ1v) is 8.81. The van der Waals surface area contributed by atoms with E-state index in [4.69, 9.17) is 4.74 Å². The number of imidazole rings is 1. The quantitative estimate of drug-likeness (QED) is 0.680. The third-order valence-electron chi connectivity index (χ3n) is 3.86. The lowest BCUT2D eigenvalue weighted by atomic mass is 10.2. The third kappa shape index (κ3) is 4.25. The second-order valence-electron chi connectivity index (χ2n) is 6.26. The van der Waals surface area contributed by atoms with E-state index in [2.05, 4.69) is 4.98 Å². The van der Waals surface area contributed by atoms with Crippen molar-refractivity contribution in [1.29, 1.82) is 0 Å². The van der Waals surface area contributed by atoms with Crippen molar-refractivity contribution < 1.29 is 24.5 Å². The smallest absolute Gasteiger partial charge is 0.354 e. The normalized spacial score (nSPS) is 11.5. The number of hydrogen-bond acceptors (Lipinski definition) is 5. The first-order valence-electron chi connectivity index (χ1n) is 7.99. The zero-order chi connectivity index (χ0) is 19.5. The van der Waals surface area contributed by atoms with Crippen molar-refractivity contribution >= 4 is 23.7 Å². The third-order valence-corrected chi connectivity index (χ3v) is 5.06. The number of carboxylic acid groups (broad SMARTS) is 2. The number of nitrogens with zero attached hydrogens (tertiary/aromatic N) is 2. The molecule has 0 unspecified atom stereocenters. The minimum atomic E-state index is -1.03. The van der Waals surface area contributed by atoms with Gasteiger partial charge < -0.3 is 19.5 Å². The molecule has 26 heavy (non-hydrogen) atoms. The number of aryl methyl sites for hydroxylation is 1. The molecule has 2 aromatic rings. The summed E-state index contributed by atoms with van der Waals surface area (Å²) in [5.74, 6) is -1.37. The van der Waals surface area contributed by atoms with Crippen LogP contribution in [0.5, 0.6) is 0 Å². The van der Waals surface area contributed by atoms with E-state index in [1.165, 1.54) is 11.8 Å². The van der Waals surface area contributed by atoms with E-state index < -0.39 is 16.7 Å². The van der Waals surface area contributed by atoms with Crippen molar-refractivity contribution in [3.05, 3.63) is 35.7 Å². The van der Waals surface area contributed by atoms with Gasteiger partial charge in [-0.15, -0.1) is 11.8 Å². The number of aliphatic carboxylic acids is 1. The van der Waals surface area contributed by atoms with Crippen LogP contribution in [-0.4, -0.2) is 50.2 Å². The molecular formula is C18H22N2O5S. The van der Waals surface area contributed by atoms with Crippen molar-refractivity contribution in [2.75, 3.05) is 13.7 Å². The number of aromatic carboxylic acids is 1. The summed E-state index contributed by atoms with van der Waals surface area (Å²) < 4.78 is 5.77. The molecule has 0 bridgehead atoms. The lowest BCUT2D eigenvalue weighted by Crippen LogP contribution is -2.26. The van der Waals surface area contributed by atoms with Gasteiger partial charge in [-0.2, -0.15) is 0 Å². The summed E-state index contributed by atoms with van der Waals surface area (Å²) in [6, 6.07) is 7.26. The molecule has 7 nitrogen and oxygen atoms in total. The molecular weight excluding hydrogens is 356 g/mol. The van der Waals surface area contributed by atoms with Gasteiger partial charge in [0, 0.05) is 24.1 Å². The fourth-order valence-electron chi connectivity index (χ4n) is 2.47. The Morgan fingerprint density at radius 3 is 2.35 bits per heavy atom. The fourth-order valence-corrected chi connectivity index (χ4v) is 3.42. The summed E-state index contributed by atoms with van der Waals surface area (Å²) in [5, 5.41) is 18.7. The monoisotopic (exact) mass is 378 g/mol. The average molecular weight is 378 g/mol. The Balaban J connectivity index is 2.38. The summed E-state index contributed by atoms with van der Waals surface area (Å²) in [4.78, 5) is 28.1. The largest absolute Gasteiger partial charge is 0.480 e. The highest BCUT2D eigenvalue weighted by Gasteiger charge is 2.28. The van der Waals surface area contributed by atoms with Crippen LogP contribution in [-0.2, 0) is 16.1 Å². The highest BCUT2D eigenvalue weighted by atomic mass is 32.2. The van der Waals surface area contributed by atoms with E-state index >= 15 is 0 Å². The molecule has 2 rings (SSSR count). The van der Waals surface area contributed by atoms with Gasteiger partial charge in [-0.25, -0.2) is 9.78 Å². The molecule has 0 fully saturated rings. The number of methoxy groups -OCH3 is 1. The van der Waals surface area contributed by atoms with Crippen molar-refractivity contribution in [2.45, 2.75) is 37.0 Å². The second kappa shape index (κ2) is 7.92. The van der Waals surface area contributed by atoms with Crippen LogP contribution in [0.1, 0.15) is 30.0 Å². The number of ether oxygens (including phenoxy) is 1. The molecule has 0 aliphatic rings. The fraction of sp³-hybridized carbons (Fsp3) is 0.389. The standard InChI is InChI=1S/C18H22N2O5S/c1-11-14(16(21)22)20(9-10-25-4)15(19-11)12-5-7-13(8-6-12)26-18(2,3)17(23)24/h5-8H,9-10H2,1-4H3,(H,21,22)(H,23,24). The summed E-state index contributed by atoms with van der Waals surface area (Å²) in [7, 11) is 1.56. The van der Waals surface area contributed by atoms with Gasteiger partial charge in [-0.1, -0.05) is 12.1 Å². The molecule has 0 atom stereocenters. The molecule has 0 spiro atoms. The molecule has 0 amide bonds. The van der Waals surface area contributed by atoms with Crippen LogP contribution in [0.2, 0.25) is 0 Å². The number of carbonyl (C=O) groups is 2. The zero-order valence-corrected chi connectivity index (χ0v) is 16.0. The SMILES string of the molecule is COCCn1c(-c2ccc(SC(C)(C)C(=O)O)cc2)nc(C)c1C(=O)O. The van der Waals surface area contributed by atoms with Crippen molar-refractivity contribution in [3.8, 4) is 11.4 Å². The van der Waals surface area contributed by atoms with Gasteiger partial charge in [0.1, 0.15) is 10.6 Å². The van der Waals surface area contributed by atoms with E-state index in [1.54, 1.807) is 32.4 Å². The van der Waals surface area contributed by atoms with Crippen molar-refractivity contribution in [2.24, 2.45) is 0 Å². The average Bonchev–Trinajstić information content (AvgIpc) is 2.89. The van der Waals surface area contributed by atoms with Crippen LogP contribution in [0.25, 0.3) is 11.4 Å². The predicted molar refractivity (Wildman–Crippen MR) is 98.8 cm³/mol. The van der Waals surface area contributed by atoms with Crippen molar-refractivity contribution in [1.82, 2.24) is 9.55 Å². The molecule has 0 radical (unpaired) electrons. The zero-order valence-electron chi connectivity index (χ0n) is 15.1. The Morgan fingerprint density at radius 1 is 1.23 bits per heavy atom. The summed E-state index contributed by atoms with van der Waals surface area (Å²) in [5.41, 5.74) is 1.34. The Labute approximate surface area is 156 Å². The molecule has 8 heteroatoms. The van der Waals surface area contributed by atoms with Gasteiger partial charge in [0.15, 0.2) is 5.69 Å². The minimum Gasteiger partial charge on any atom is -0.480 e. The van der Waals surface area contributed by atoms with Gasteiger partial charge in [-0.05, 0) is 32.9 Å². The lowest BCUT2D eigenvalue weighted by molar-refractivity contribution is -0.138. The highest BCUT2D eigenvalue weighted by Crippen LogP contribution is 2.34. The molecule has 1 aromatic heterocycles. The number of aromatic nitrogens is 2. The number of rotatable bonds is 8. The van der Waals surface area contributed by atoms with Gasteiger partial charge >= 0.3 is 11.9 Å².